The Bertz CT molecular complexity index is 444. The summed E-state index contributed by atoms with van der Waals surface area (Å²) < 4.78 is 0. The number of hydrogen-bond donors (Lipinski definition) is 2. The first kappa shape index (κ1) is 13.2. The van der Waals surface area contributed by atoms with Gasteiger partial charge >= 0.3 is 0 Å². The Morgan fingerprint density at radius 2 is 1.89 bits per heavy atom. The highest BCUT2D eigenvalue weighted by Gasteiger charge is 2.21. The fourth-order valence-electron chi connectivity index (χ4n) is 2.56. The summed E-state index contributed by atoms with van der Waals surface area (Å²) in [4.78, 5) is 13.9. The molecule has 0 aromatic heterocycles. The summed E-state index contributed by atoms with van der Waals surface area (Å²) in [5.74, 6) is 0.139. The zero-order chi connectivity index (χ0) is 11.7. The fourth-order valence-corrected chi connectivity index (χ4v) is 2.56. The fraction of sp³-hybridized carbons (Fsp3) is 0.462. The van der Waals surface area contributed by atoms with E-state index >= 15 is 0 Å². The molecular formula is C13H18ClN3O. The van der Waals surface area contributed by atoms with Crippen LogP contribution in [0.1, 0.15) is 12.0 Å². The number of carbonyl (C=O) groups is 1. The molecule has 1 aromatic rings. The Balaban J connectivity index is 0.00000120. The minimum atomic E-state index is 0. The first-order valence-electron chi connectivity index (χ1n) is 6.22. The first-order valence-corrected chi connectivity index (χ1v) is 6.22. The monoisotopic (exact) mass is 267 g/mol. The highest BCUT2D eigenvalue weighted by molar-refractivity contribution is 5.98. The number of amides is 1. The second-order valence-electron chi connectivity index (χ2n) is 4.60. The number of rotatable bonds is 1. The second kappa shape index (κ2) is 5.59. The average Bonchev–Trinajstić information content (AvgIpc) is 2.39. The molecule has 2 N–H and O–H groups in total. The molecule has 4 nitrogen and oxygen atoms in total. The molecule has 0 atom stereocenters. The number of halogens is 1. The number of para-hydroxylation sites is 1. The smallest absolute Gasteiger partial charge is 0.224 e. The van der Waals surface area contributed by atoms with Crippen molar-refractivity contribution in [1.82, 2.24) is 5.32 Å². The summed E-state index contributed by atoms with van der Waals surface area (Å²) in [6.45, 7) is 4.04. The molecule has 2 heterocycles. The van der Waals surface area contributed by atoms with Gasteiger partial charge in [0.1, 0.15) is 0 Å². The van der Waals surface area contributed by atoms with Crippen LogP contribution in [0.25, 0.3) is 0 Å². The summed E-state index contributed by atoms with van der Waals surface area (Å²) in [5.41, 5.74) is 3.48. The molecule has 0 aliphatic carbocycles. The van der Waals surface area contributed by atoms with E-state index in [1.807, 2.05) is 0 Å². The van der Waals surface area contributed by atoms with Gasteiger partial charge in [0.25, 0.3) is 0 Å². The van der Waals surface area contributed by atoms with Gasteiger partial charge in [-0.25, -0.2) is 0 Å². The van der Waals surface area contributed by atoms with Gasteiger partial charge in [-0.05, 0) is 18.1 Å². The Kier molecular flexibility index (Phi) is 4.09. The maximum Gasteiger partial charge on any atom is 0.224 e. The number of aryl methyl sites for hydroxylation is 1. The summed E-state index contributed by atoms with van der Waals surface area (Å²) in [7, 11) is 0. The van der Waals surface area contributed by atoms with Crippen molar-refractivity contribution in [3.63, 3.8) is 0 Å². The Hall–Kier alpha value is -1.26. The van der Waals surface area contributed by atoms with Crippen molar-refractivity contribution in [3.8, 4) is 0 Å². The third kappa shape index (κ3) is 2.44. The van der Waals surface area contributed by atoms with E-state index in [4.69, 9.17) is 0 Å². The third-order valence-electron chi connectivity index (χ3n) is 3.47. The molecule has 0 bridgehead atoms. The van der Waals surface area contributed by atoms with E-state index in [1.54, 1.807) is 0 Å². The molecule has 1 amide bonds. The van der Waals surface area contributed by atoms with Crippen molar-refractivity contribution in [2.45, 2.75) is 12.8 Å². The molecule has 1 saturated heterocycles. The van der Waals surface area contributed by atoms with E-state index in [1.165, 1.54) is 11.3 Å². The Morgan fingerprint density at radius 1 is 1.11 bits per heavy atom. The van der Waals surface area contributed by atoms with Crippen LogP contribution < -0.4 is 15.5 Å². The van der Waals surface area contributed by atoms with Gasteiger partial charge in [0, 0.05) is 32.6 Å². The van der Waals surface area contributed by atoms with Crippen LogP contribution in [0, 0.1) is 0 Å². The minimum Gasteiger partial charge on any atom is -0.367 e. The summed E-state index contributed by atoms with van der Waals surface area (Å²) in [6, 6.07) is 6.31. The van der Waals surface area contributed by atoms with Crippen molar-refractivity contribution in [3.05, 3.63) is 23.8 Å². The van der Waals surface area contributed by atoms with Gasteiger partial charge in [0.2, 0.25) is 5.91 Å². The van der Waals surface area contributed by atoms with Crippen molar-refractivity contribution < 1.29 is 4.79 Å². The molecule has 18 heavy (non-hydrogen) atoms. The van der Waals surface area contributed by atoms with E-state index in [0.717, 1.165) is 38.3 Å². The molecule has 2 aliphatic rings. The highest BCUT2D eigenvalue weighted by atomic mass is 35.5. The highest BCUT2D eigenvalue weighted by Crippen LogP contribution is 2.33. The summed E-state index contributed by atoms with van der Waals surface area (Å²) in [6.07, 6.45) is 1.47. The lowest BCUT2D eigenvalue weighted by molar-refractivity contribution is -0.116. The quantitative estimate of drug-likeness (QED) is 0.809. The topological polar surface area (TPSA) is 44.4 Å². The maximum atomic E-state index is 11.5. The molecule has 2 aliphatic heterocycles. The van der Waals surface area contributed by atoms with Crippen LogP contribution in [0.15, 0.2) is 18.2 Å². The van der Waals surface area contributed by atoms with E-state index in [9.17, 15) is 4.79 Å². The molecular weight excluding hydrogens is 250 g/mol. The lowest BCUT2D eigenvalue weighted by Crippen LogP contribution is -2.44. The van der Waals surface area contributed by atoms with Crippen LogP contribution in [0.2, 0.25) is 0 Å². The van der Waals surface area contributed by atoms with Crippen molar-refractivity contribution in [1.29, 1.82) is 0 Å². The number of piperazine rings is 1. The molecule has 0 saturated carbocycles. The van der Waals surface area contributed by atoms with Gasteiger partial charge in [-0.15, -0.1) is 12.4 Å². The van der Waals surface area contributed by atoms with Gasteiger partial charge in [0.15, 0.2) is 0 Å². The van der Waals surface area contributed by atoms with Gasteiger partial charge in [0.05, 0.1) is 11.4 Å². The lowest BCUT2D eigenvalue weighted by Gasteiger charge is -2.32. The normalized spacial score (nSPS) is 18.7. The number of fused-ring (bicyclic) bond motifs is 1. The Labute approximate surface area is 113 Å². The van der Waals surface area contributed by atoms with Crippen LogP contribution in [0.4, 0.5) is 11.4 Å². The number of nitrogens with one attached hydrogen (secondary N) is 2. The SMILES string of the molecule is Cl.O=C1CCc2cccc(N3CCNCC3)c2N1. The zero-order valence-corrected chi connectivity index (χ0v) is 11.1. The number of carbonyl (C=O) groups excluding carboxylic acids is 1. The summed E-state index contributed by atoms with van der Waals surface area (Å²) in [5, 5.41) is 6.37. The minimum absolute atomic E-state index is 0. The van der Waals surface area contributed by atoms with Gasteiger partial charge in [-0.3, -0.25) is 4.79 Å². The predicted octanol–water partition coefficient (Wildman–Crippen LogP) is 1.40. The van der Waals surface area contributed by atoms with Crippen LogP contribution in [0.3, 0.4) is 0 Å². The van der Waals surface area contributed by atoms with E-state index in [-0.39, 0.29) is 18.3 Å². The molecule has 0 unspecified atom stereocenters. The molecule has 5 heteroatoms. The largest absolute Gasteiger partial charge is 0.367 e. The van der Waals surface area contributed by atoms with Crippen LogP contribution in [0.5, 0.6) is 0 Å². The van der Waals surface area contributed by atoms with E-state index in [0.29, 0.717) is 6.42 Å². The second-order valence-corrected chi connectivity index (χ2v) is 4.60. The molecule has 3 rings (SSSR count). The lowest BCUT2D eigenvalue weighted by atomic mass is 10.0. The van der Waals surface area contributed by atoms with Gasteiger partial charge < -0.3 is 15.5 Å². The van der Waals surface area contributed by atoms with Crippen molar-refractivity contribution in [2.24, 2.45) is 0 Å². The molecule has 98 valence electrons. The summed E-state index contributed by atoms with van der Waals surface area (Å²) >= 11 is 0. The standard InChI is InChI=1S/C13H17N3O.ClH/c17-12-5-4-10-2-1-3-11(13(10)15-12)16-8-6-14-7-9-16;/h1-3,14H,4-9H2,(H,15,17);1H. The van der Waals surface area contributed by atoms with E-state index in [2.05, 4.69) is 33.7 Å². The number of hydrogen-bond acceptors (Lipinski definition) is 3. The third-order valence-corrected chi connectivity index (χ3v) is 3.47. The average molecular weight is 268 g/mol. The first-order chi connectivity index (χ1) is 8.34. The molecule has 1 fully saturated rings. The number of nitrogens with zero attached hydrogens (tertiary/aromatic N) is 1. The van der Waals surface area contributed by atoms with E-state index < -0.39 is 0 Å². The van der Waals surface area contributed by atoms with Gasteiger partial charge in [-0.2, -0.15) is 0 Å². The molecule has 0 spiro atoms. The van der Waals surface area contributed by atoms with Crippen LogP contribution in [-0.4, -0.2) is 32.1 Å². The van der Waals surface area contributed by atoms with Crippen LogP contribution in [-0.2, 0) is 11.2 Å². The Morgan fingerprint density at radius 3 is 2.67 bits per heavy atom. The molecule has 1 aromatic carbocycles. The maximum absolute atomic E-state index is 11.5. The van der Waals surface area contributed by atoms with Crippen molar-refractivity contribution in [2.75, 3.05) is 36.4 Å². The molecule has 0 radical (unpaired) electrons. The van der Waals surface area contributed by atoms with Crippen LogP contribution >= 0.6 is 12.4 Å². The van der Waals surface area contributed by atoms with Gasteiger partial charge in [-0.1, -0.05) is 12.1 Å². The number of benzene rings is 1. The number of anilines is 2. The zero-order valence-electron chi connectivity index (χ0n) is 10.2. The predicted molar refractivity (Wildman–Crippen MR) is 75.7 cm³/mol. The van der Waals surface area contributed by atoms with Crippen molar-refractivity contribution >= 4 is 29.7 Å².